The Morgan fingerprint density at radius 1 is 1.14 bits per heavy atom. The fourth-order valence-corrected chi connectivity index (χ4v) is 3.28. The highest BCUT2D eigenvalue weighted by Crippen LogP contribution is 2.25. The van der Waals surface area contributed by atoms with Crippen molar-refractivity contribution in [2.24, 2.45) is 17.6 Å². The van der Waals surface area contributed by atoms with Crippen molar-refractivity contribution in [3.8, 4) is 5.75 Å². The first-order valence-corrected chi connectivity index (χ1v) is 8.28. The van der Waals surface area contributed by atoms with Gasteiger partial charge in [-0.25, -0.2) is 0 Å². The molecule has 1 aromatic rings. The van der Waals surface area contributed by atoms with Gasteiger partial charge < -0.3 is 15.2 Å². The molecule has 0 spiro atoms. The highest BCUT2D eigenvalue weighted by molar-refractivity contribution is 5.11. The van der Waals surface area contributed by atoms with E-state index < -0.39 is 0 Å². The average Bonchev–Trinajstić information content (AvgIpc) is 2.96. The molecule has 1 aliphatic carbocycles. The summed E-state index contributed by atoms with van der Waals surface area (Å²) in [5, 5.41) is 4.43. The zero-order valence-electron chi connectivity index (χ0n) is 12.7. The zero-order valence-corrected chi connectivity index (χ0v) is 12.7. The minimum absolute atomic E-state index is 0.414. The summed E-state index contributed by atoms with van der Waals surface area (Å²) in [7, 11) is 0. The predicted octanol–water partition coefficient (Wildman–Crippen LogP) is 2.21. The molecule has 2 heterocycles. The molecule has 0 radical (unpaired) electrons. The van der Waals surface area contributed by atoms with Crippen LogP contribution in [0, 0.1) is 11.8 Å². The molecule has 1 saturated heterocycles. The summed E-state index contributed by atoms with van der Waals surface area (Å²) in [5.74, 6) is 2.24. The molecule has 1 saturated carbocycles. The largest absolute Gasteiger partial charge is 0.490 e. The molecule has 0 atom stereocenters. The molecule has 3 rings (SSSR count). The van der Waals surface area contributed by atoms with Gasteiger partial charge in [0.2, 0.25) is 0 Å². The van der Waals surface area contributed by atoms with Crippen LogP contribution in [0.4, 0.5) is 0 Å². The standard InChI is InChI=1S/C16H27N3O2/c17-15-3-1-13(2-4-15)10-19-11-16(9-18-19)21-12-14-5-7-20-8-6-14/h9,11,13-15H,1-8,10,12,17H2. The van der Waals surface area contributed by atoms with Crippen LogP contribution in [0.1, 0.15) is 38.5 Å². The van der Waals surface area contributed by atoms with Gasteiger partial charge in [-0.15, -0.1) is 0 Å². The van der Waals surface area contributed by atoms with E-state index in [1.165, 1.54) is 12.8 Å². The smallest absolute Gasteiger partial charge is 0.157 e. The molecule has 1 aliphatic heterocycles. The van der Waals surface area contributed by atoms with Crippen molar-refractivity contribution < 1.29 is 9.47 Å². The molecule has 5 nitrogen and oxygen atoms in total. The third kappa shape index (κ3) is 4.45. The number of aromatic nitrogens is 2. The maximum atomic E-state index is 5.95. The Kier molecular flexibility index (Phi) is 5.14. The van der Waals surface area contributed by atoms with Crippen molar-refractivity contribution in [1.29, 1.82) is 0 Å². The third-order valence-electron chi connectivity index (χ3n) is 4.77. The summed E-state index contributed by atoms with van der Waals surface area (Å²) in [6.45, 7) is 3.52. The summed E-state index contributed by atoms with van der Waals surface area (Å²) in [6.07, 6.45) is 10.8. The van der Waals surface area contributed by atoms with Gasteiger partial charge in [0.1, 0.15) is 0 Å². The van der Waals surface area contributed by atoms with E-state index in [2.05, 4.69) is 5.10 Å². The van der Waals surface area contributed by atoms with E-state index in [-0.39, 0.29) is 0 Å². The molecule has 2 N–H and O–H groups in total. The number of hydrogen-bond acceptors (Lipinski definition) is 4. The Morgan fingerprint density at radius 2 is 1.90 bits per heavy atom. The van der Waals surface area contributed by atoms with Gasteiger partial charge in [0, 0.05) is 25.8 Å². The average molecular weight is 293 g/mol. The van der Waals surface area contributed by atoms with Gasteiger partial charge in [-0.1, -0.05) is 0 Å². The molecule has 21 heavy (non-hydrogen) atoms. The van der Waals surface area contributed by atoms with Gasteiger partial charge in [0.15, 0.2) is 5.75 Å². The number of nitrogens with zero attached hydrogens (tertiary/aromatic N) is 2. The lowest BCUT2D eigenvalue weighted by Crippen LogP contribution is -2.28. The molecular formula is C16H27N3O2. The van der Waals surface area contributed by atoms with Crippen LogP contribution < -0.4 is 10.5 Å². The van der Waals surface area contributed by atoms with Crippen molar-refractivity contribution in [2.45, 2.75) is 51.1 Å². The summed E-state index contributed by atoms with van der Waals surface area (Å²) < 4.78 is 13.3. The zero-order chi connectivity index (χ0) is 14.5. The molecule has 0 unspecified atom stereocenters. The van der Waals surface area contributed by atoms with Crippen LogP contribution in [-0.4, -0.2) is 35.6 Å². The SMILES string of the molecule is NC1CCC(Cn2cc(OCC3CCOCC3)cn2)CC1. The lowest BCUT2D eigenvalue weighted by Gasteiger charge is -2.25. The Hall–Kier alpha value is -1.07. The van der Waals surface area contributed by atoms with Crippen molar-refractivity contribution >= 4 is 0 Å². The summed E-state index contributed by atoms with van der Waals surface area (Å²) in [5.41, 5.74) is 5.95. The Balaban J connectivity index is 1.42. The van der Waals surface area contributed by atoms with Crippen LogP contribution in [-0.2, 0) is 11.3 Å². The number of hydrogen-bond donors (Lipinski definition) is 1. The van der Waals surface area contributed by atoms with Gasteiger partial charge in [-0.05, 0) is 50.4 Å². The monoisotopic (exact) mass is 293 g/mol. The summed E-state index contributed by atoms with van der Waals surface area (Å²) in [6, 6.07) is 0.414. The molecule has 1 aromatic heterocycles. The topological polar surface area (TPSA) is 62.3 Å². The van der Waals surface area contributed by atoms with E-state index in [0.29, 0.717) is 17.9 Å². The highest BCUT2D eigenvalue weighted by atomic mass is 16.5. The molecule has 5 heteroatoms. The van der Waals surface area contributed by atoms with Crippen molar-refractivity contribution in [3.63, 3.8) is 0 Å². The first-order chi connectivity index (χ1) is 10.3. The molecular weight excluding hydrogens is 266 g/mol. The van der Waals surface area contributed by atoms with Gasteiger partial charge >= 0.3 is 0 Å². The molecule has 2 fully saturated rings. The lowest BCUT2D eigenvalue weighted by atomic mass is 9.86. The van der Waals surface area contributed by atoms with Crippen molar-refractivity contribution in [1.82, 2.24) is 9.78 Å². The van der Waals surface area contributed by atoms with Crippen LogP contribution in [0.15, 0.2) is 12.4 Å². The fourth-order valence-electron chi connectivity index (χ4n) is 3.28. The minimum atomic E-state index is 0.414. The molecule has 0 aromatic carbocycles. The number of ether oxygens (including phenoxy) is 2. The Labute approximate surface area is 126 Å². The second kappa shape index (κ2) is 7.27. The van der Waals surface area contributed by atoms with Crippen LogP contribution in [0.5, 0.6) is 5.75 Å². The molecule has 0 bridgehead atoms. The van der Waals surface area contributed by atoms with Crippen molar-refractivity contribution in [2.75, 3.05) is 19.8 Å². The van der Waals surface area contributed by atoms with Gasteiger partial charge in [0.25, 0.3) is 0 Å². The van der Waals surface area contributed by atoms with E-state index in [9.17, 15) is 0 Å². The fraction of sp³-hybridized carbons (Fsp3) is 0.812. The first-order valence-electron chi connectivity index (χ1n) is 8.28. The maximum Gasteiger partial charge on any atom is 0.157 e. The number of rotatable bonds is 5. The Bertz CT molecular complexity index is 421. The van der Waals surface area contributed by atoms with E-state index in [4.69, 9.17) is 15.2 Å². The van der Waals surface area contributed by atoms with Crippen molar-refractivity contribution in [3.05, 3.63) is 12.4 Å². The Morgan fingerprint density at radius 3 is 2.67 bits per heavy atom. The van der Waals surface area contributed by atoms with Crippen LogP contribution in [0.2, 0.25) is 0 Å². The predicted molar refractivity (Wildman–Crippen MR) is 81.2 cm³/mol. The van der Waals surface area contributed by atoms with E-state index in [0.717, 1.165) is 57.8 Å². The maximum absolute atomic E-state index is 5.95. The number of nitrogens with two attached hydrogens (primary N) is 1. The molecule has 2 aliphatic rings. The normalized spacial score (nSPS) is 27.7. The van der Waals surface area contributed by atoms with E-state index in [1.807, 2.05) is 17.1 Å². The third-order valence-corrected chi connectivity index (χ3v) is 4.77. The van der Waals surface area contributed by atoms with Crippen LogP contribution in [0.3, 0.4) is 0 Å². The van der Waals surface area contributed by atoms with Crippen LogP contribution in [0.25, 0.3) is 0 Å². The van der Waals surface area contributed by atoms with E-state index in [1.54, 1.807) is 0 Å². The summed E-state index contributed by atoms with van der Waals surface area (Å²) in [4.78, 5) is 0. The minimum Gasteiger partial charge on any atom is -0.490 e. The molecule has 118 valence electrons. The van der Waals surface area contributed by atoms with Gasteiger partial charge in [0.05, 0.1) is 19.0 Å². The first kappa shape index (κ1) is 14.9. The highest BCUT2D eigenvalue weighted by Gasteiger charge is 2.19. The second-order valence-corrected chi connectivity index (χ2v) is 6.55. The van der Waals surface area contributed by atoms with Gasteiger partial charge in [-0.2, -0.15) is 5.10 Å². The molecule has 0 amide bonds. The van der Waals surface area contributed by atoms with Gasteiger partial charge in [-0.3, -0.25) is 4.68 Å². The summed E-state index contributed by atoms with van der Waals surface area (Å²) >= 11 is 0. The van der Waals surface area contributed by atoms with Crippen LogP contribution >= 0.6 is 0 Å². The van der Waals surface area contributed by atoms with E-state index >= 15 is 0 Å². The second-order valence-electron chi connectivity index (χ2n) is 6.55. The quantitative estimate of drug-likeness (QED) is 0.904. The lowest BCUT2D eigenvalue weighted by molar-refractivity contribution is 0.0497.